The highest BCUT2D eigenvalue weighted by Gasteiger charge is 2.13. The molecule has 1 atom stereocenters. The third-order valence-corrected chi connectivity index (χ3v) is 5.28. The number of benzene rings is 2. The average Bonchev–Trinajstić information content (AvgIpc) is 3.03. The first-order chi connectivity index (χ1) is 13.0. The minimum absolute atomic E-state index is 0.00114. The molecule has 0 radical (unpaired) electrons. The van der Waals surface area contributed by atoms with Crippen LogP contribution in [0.2, 0.25) is 0 Å². The Morgan fingerprint density at radius 3 is 2.52 bits per heavy atom. The second kappa shape index (κ2) is 8.91. The topological polar surface area (TPSA) is 55.1 Å². The number of carbonyl (C=O) groups excluding carboxylic acids is 1. The van der Waals surface area contributed by atoms with E-state index in [0.717, 1.165) is 22.6 Å². The van der Waals surface area contributed by atoms with Gasteiger partial charge in [-0.05, 0) is 38.5 Å². The third kappa shape index (κ3) is 5.23. The summed E-state index contributed by atoms with van der Waals surface area (Å²) in [6.07, 6.45) is 0. The zero-order chi connectivity index (χ0) is 19.2. The van der Waals surface area contributed by atoms with E-state index < -0.39 is 0 Å². The second-order valence-electron chi connectivity index (χ2n) is 6.58. The predicted octanol–water partition coefficient (Wildman–Crippen LogP) is 5.07. The van der Waals surface area contributed by atoms with Crippen LogP contribution in [-0.4, -0.2) is 16.6 Å². The van der Waals surface area contributed by atoms with Gasteiger partial charge in [-0.2, -0.15) is 0 Å². The maximum Gasteiger partial charge on any atom is 0.230 e. The molecule has 0 fully saturated rings. The van der Waals surface area contributed by atoms with Gasteiger partial charge < -0.3 is 9.73 Å². The van der Waals surface area contributed by atoms with Crippen molar-refractivity contribution in [2.24, 2.45) is 0 Å². The van der Waals surface area contributed by atoms with Crippen LogP contribution in [0, 0.1) is 13.8 Å². The van der Waals surface area contributed by atoms with Crippen molar-refractivity contribution < 1.29 is 9.21 Å². The van der Waals surface area contributed by atoms with Crippen LogP contribution in [0.5, 0.6) is 0 Å². The number of rotatable bonds is 7. The summed E-state index contributed by atoms with van der Waals surface area (Å²) >= 11 is 1.54. The number of carbonyl (C=O) groups is 1. The van der Waals surface area contributed by atoms with Crippen LogP contribution >= 0.6 is 11.8 Å². The van der Waals surface area contributed by atoms with E-state index in [2.05, 4.69) is 17.2 Å². The van der Waals surface area contributed by atoms with E-state index in [1.807, 2.05) is 68.4 Å². The summed E-state index contributed by atoms with van der Waals surface area (Å²) in [4.78, 5) is 16.8. The van der Waals surface area contributed by atoms with Gasteiger partial charge in [-0.3, -0.25) is 4.79 Å². The monoisotopic (exact) mass is 380 g/mol. The minimum Gasteiger partial charge on any atom is -0.441 e. The minimum atomic E-state index is 0.00114. The van der Waals surface area contributed by atoms with E-state index in [0.29, 0.717) is 17.4 Å². The first-order valence-electron chi connectivity index (χ1n) is 8.98. The van der Waals surface area contributed by atoms with Crippen LogP contribution in [0.15, 0.2) is 59.0 Å². The van der Waals surface area contributed by atoms with Gasteiger partial charge in [-0.25, -0.2) is 4.98 Å². The number of aromatic nitrogens is 1. The smallest absolute Gasteiger partial charge is 0.230 e. The molecule has 0 aliphatic rings. The Hall–Kier alpha value is -2.53. The van der Waals surface area contributed by atoms with Gasteiger partial charge >= 0.3 is 0 Å². The number of hydrogen-bond donors (Lipinski definition) is 1. The Kier molecular flexibility index (Phi) is 6.35. The van der Waals surface area contributed by atoms with E-state index in [-0.39, 0.29) is 11.9 Å². The van der Waals surface area contributed by atoms with Crippen LogP contribution < -0.4 is 5.32 Å². The molecule has 4 nitrogen and oxygen atoms in total. The summed E-state index contributed by atoms with van der Waals surface area (Å²) in [5.41, 5.74) is 4.16. The molecule has 2 aromatic carbocycles. The molecule has 1 unspecified atom stereocenters. The highest BCUT2D eigenvalue weighted by atomic mass is 32.2. The second-order valence-corrected chi connectivity index (χ2v) is 7.57. The summed E-state index contributed by atoms with van der Waals surface area (Å²) in [7, 11) is 0. The predicted molar refractivity (Wildman–Crippen MR) is 111 cm³/mol. The number of nitrogens with one attached hydrogen (secondary N) is 1. The fourth-order valence-electron chi connectivity index (χ4n) is 2.73. The molecular weight excluding hydrogens is 356 g/mol. The zero-order valence-electron chi connectivity index (χ0n) is 15.9. The molecule has 0 saturated carbocycles. The first-order valence-corrected chi connectivity index (χ1v) is 10.1. The van der Waals surface area contributed by atoms with Crippen molar-refractivity contribution in [2.45, 2.75) is 32.6 Å². The molecule has 5 heteroatoms. The molecule has 0 aliphatic heterocycles. The van der Waals surface area contributed by atoms with Crippen molar-refractivity contribution in [1.82, 2.24) is 10.3 Å². The Labute approximate surface area is 164 Å². The van der Waals surface area contributed by atoms with Crippen molar-refractivity contribution in [3.8, 4) is 11.5 Å². The lowest BCUT2D eigenvalue weighted by molar-refractivity contribution is -0.119. The molecular formula is C22H24N2O2S. The van der Waals surface area contributed by atoms with Gasteiger partial charge in [0.2, 0.25) is 11.8 Å². The highest BCUT2D eigenvalue weighted by molar-refractivity contribution is 7.99. The summed E-state index contributed by atoms with van der Waals surface area (Å²) in [6.45, 7) is 5.96. The molecule has 140 valence electrons. The first kappa shape index (κ1) is 19.2. The van der Waals surface area contributed by atoms with Crippen molar-refractivity contribution in [3.63, 3.8) is 0 Å². The van der Waals surface area contributed by atoms with Gasteiger partial charge in [0.25, 0.3) is 0 Å². The van der Waals surface area contributed by atoms with Gasteiger partial charge in [0.05, 0.1) is 17.5 Å². The molecule has 1 aromatic heterocycles. The van der Waals surface area contributed by atoms with Crippen LogP contribution in [0.3, 0.4) is 0 Å². The molecule has 3 rings (SSSR count). The fraction of sp³-hybridized carbons (Fsp3) is 0.273. The van der Waals surface area contributed by atoms with Gasteiger partial charge in [-0.1, -0.05) is 48.0 Å². The van der Waals surface area contributed by atoms with E-state index in [4.69, 9.17) is 4.42 Å². The SMILES string of the molecule is Cc1ccc(-c2nc(CSCC(=O)NC(C)c3ccccc3)c(C)o2)cc1. The van der Waals surface area contributed by atoms with E-state index in [1.165, 1.54) is 5.56 Å². The number of nitrogens with zero attached hydrogens (tertiary/aromatic N) is 1. The standard InChI is InChI=1S/C22H24N2O2S/c1-15-9-11-19(12-10-15)22-24-20(17(3)26-22)13-27-14-21(25)23-16(2)18-7-5-4-6-8-18/h4-12,16H,13-14H2,1-3H3,(H,23,25). The molecule has 0 bridgehead atoms. The van der Waals surface area contributed by atoms with Gasteiger partial charge in [0.15, 0.2) is 0 Å². The number of aryl methyl sites for hydroxylation is 2. The Morgan fingerprint density at radius 2 is 1.81 bits per heavy atom. The average molecular weight is 381 g/mol. The maximum absolute atomic E-state index is 12.2. The third-order valence-electron chi connectivity index (χ3n) is 4.34. The maximum atomic E-state index is 12.2. The Balaban J connectivity index is 1.51. The molecule has 0 aliphatic carbocycles. The van der Waals surface area contributed by atoms with Gasteiger partial charge in [0, 0.05) is 11.3 Å². The van der Waals surface area contributed by atoms with E-state index in [1.54, 1.807) is 11.8 Å². The molecule has 1 amide bonds. The summed E-state index contributed by atoms with van der Waals surface area (Å²) < 4.78 is 5.80. The van der Waals surface area contributed by atoms with Gasteiger partial charge in [-0.15, -0.1) is 11.8 Å². The van der Waals surface area contributed by atoms with Crippen molar-refractivity contribution >= 4 is 17.7 Å². The summed E-state index contributed by atoms with van der Waals surface area (Å²) in [5, 5.41) is 3.03. The molecule has 1 heterocycles. The van der Waals surface area contributed by atoms with Crippen LogP contribution in [0.1, 0.15) is 35.5 Å². The van der Waals surface area contributed by atoms with Crippen molar-refractivity contribution in [3.05, 3.63) is 77.2 Å². The fourth-order valence-corrected chi connectivity index (χ4v) is 3.56. The van der Waals surface area contributed by atoms with Crippen LogP contribution in [0.25, 0.3) is 11.5 Å². The highest BCUT2D eigenvalue weighted by Crippen LogP contribution is 2.24. The van der Waals surface area contributed by atoms with E-state index in [9.17, 15) is 4.79 Å². The molecule has 0 spiro atoms. The zero-order valence-corrected chi connectivity index (χ0v) is 16.7. The van der Waals surface area contributed by atoms with Crippen LogP contribution in [-0.2, 0) is 10.5 Å². The lowest BCUT2D eigenvalue weighted by atomic mass is 10.1. The van der Waals surface area contributed by atoms with Gasteiger partial charge in [0.1, 0.15) is 5.76 Å². The molecule has 3 aromatic rings. The largest absolute Gasteiger partial charge is 0.441 e. The van der Waals surface area contributed by atoms with E-state index >= 15 is 0 Å². The Bertz CT molecular complexity index is 888. The normalized spacial score (nSPS) is 12.0. The van der Waals surface area contributed by atoms with Crippen LogP contribution in [0.4, 0.5) is 0 Å². The lowest BCUT2D eigenvalue weighted by Gasteiger charge is -2.13. The quantitative estimate of drug-likeness (QED) is 0.622. The number of oxazole rings is 1. The number of thioether (sulfide) groups is 1. The number of hydrogen-bond acceptors (Lipinski definition) is 4. The summed E-state index contributed by atoms with van der Waals surface area (Å²) in [6, 6.07) is 18.1. The summed E-state index contributed by atoms with van der Waals surface area (Å²) in [5.74, 6) is 2.50. The molecule has 27 heavy (non-hydrogen) atoms. The van der Waals surface area contributed by atoms with Crippen molar-refractivity contribution in [2.75, 3.05) is 5.75 Å². The molecule has 0 saturated heterocycles. The molecule has 1 N–H and O–H groups in total. The van der Waals surface area contributed by atoms with Crippen molar-refractivity contribution in [1.29, 1.82) is 0 Å². The Morgan fingerprint density at radius 1 is 1.11 bits per heavy atom. The lowest BCUT2D eigenvalue weighted by Crippen LogP contribution is -2.28. The number of amides is 1.